The summed E-state index contributed by atoms with van der Waals surface area (Å²) in [5.74, 6) is 5.45. The molecule has 18 rings (SSSR count). The molecule has 28 heteroatoms. The molecule has 7 heterocycles. The summed E-state index contributed by atoms with van der Waals surface area (Å²) in [6, 6.07) is 70.9. The van der Waals surface area contributed by atoms with Gasteiger partial charge in [0, 0.05) is 79.1 Å². The number of thiophene rings is 2. The van der Waals surface area contributed by atoms with Crippen molar-refractivity contribution >= 4 is 129 Å². The normalized spacial score (nSPS) is 14.3. The number of likely N-dealkylation sites (N-methyl/N-ethyl adjacent to an activating group) is 2. The molecule has 3 N–H and O–H groups in total. The van der Waals surface area contributed by atoms with E-state index in [1.165, 1.54) is 14.4 Å². The Bertz CT molecular complexity index is 6530. The highest BCUT2D eigenvalue weighted by molar-refractivity contribution is 7.21. The number of methoxy groups -OCH3 is 6. The van der Waals surface area contributed by atoms with Gasteiger partial charge in [0.05, 0.1) is 127 Å². The molecular formula is C102H99ClN10O15S2. The maximum Gasteiger partial charge on any atom is 0.248 e. The van der Waals surface area contributed by atoms with E-state index in [9.17, 15) is 24.0 Å². The first-order valence-corrected chi connectivity index (χ1v) is 44.3. The second-order valence-corrected chi connectivity index (χ2v) is 33.0. The van der Waals surface area contributed by atoms with Crippen LogP contribution in [0.1, 0.15) is 124 Å². The van der Waals surface area contributed by atoms with Gasteiger partial charge in [-0.15, -0.1) is 22.7 Å². The average Bonchev–Trinajstić information content (AvgIpc) is 1.46. The van der Waals surface area contributed by atoms with Crippen LogP contribution in [0.15, 0.2) is 244 Å². The second kappa shape index (κ2) is 42.0. The number of rotatable bonds is 20. The van der Waals surface area contributed by atoms with E-state index >= 15 is 0 Å². The number of amides is 5. The molecule has 0 spiro atoms. The van der Waals surface area contributed by atoms with Gasteiger partial charge in [0.2, 0.25) is 29.5 Å². The van der Waals surface area contributed by atoms with Gasteiger partial charge in [-0.1, -0.05) is 147 Å². The van der Waals surface area contributed by atoms with Gasteiger partial charge in [0.15, 0.2) is 57.5 Å². The molecule has 2 aromatic heterocycles. The topological polar surface area (TPSA) is 282 Å². The molecule has 0 saturated heterocycles. The summed E-state index contributed by atoms with van der Waals surface area (Å²) in [6.07, 6.45) is 0.749. The standard InChI is InChI=1S/C24H26N2O3S.C22H20N2O3.C21H20N2O3S.C18H17ClN2O3.C17H16N2O3/c1-5-28-18-12-16-17(13-19(18)29-6-2)23(25-26-24(27)22(16)14(3)4)21-11-15-9-7-8-10-20(15)30-21;1-24-21(25)12-15-11-19(26-2)20(27-3)13-18(15)22(23-24)17-10-6-8-14-7-4-5-9-16(14)17;1-3-25-16-9-14-11-20(24)22-23-21(15(14)12-17(16)26-4-2)19-10-13-7-5-6-8-18(13)27-19;1-21-14-9-16(24-3)15(23-2)8-13(14)18(20-10-17(21)22)11-4-6-12(19)7-5-11;1-21-14-8-12-9-16(20)18-19-17(11-6-4-3-5-7-11)13(12)10-15(14)22-2/h7-14,22H,5-6H2,1-4H3,(H,26,27);4-11,13H,12H2,1-3H3;5-10,12H,3-4,11H2,1-2H3,(H,22,24);4-9H,10H2,1-3H3;3-8,10H,9H2,1-2H3,(H,18,20). The van der Waals surface area contributed by atoms with E-state index < -0.39 is 0 Å². The third-order valence-corrected chi connectivity index (χ3v) is 24.4. The number of fused-ring (bicyclic) bond motifs is 8. The van der Waals surface area contributed by atoms with Crippen molar-refractivity contribution in [3.8, 4) is 57.5 Å². The molecule has 666 valence electrons. The molecule has 25 nitrogen and oxygen atoms in total. The van der Waals surface area contributed by atoms with Crippen LogP contribution in [-0.2, 0) is 43.2 Å². The Morgan fingerprint density at radius 3 is 1.37 bits per heavy atom. The fourth-order valence-electron chi connectivity index (χ4n) is 15.7. The third-order valence-electron chi connectivity index (χ3n) is 21.9. The van der Waals surface area contributed by atoms with Crippen LogP contribution in [0.2, 0.25) is 5.02 Å². The molecule has 0 radical (unpaired) electrons. The minimum atomic E-state index is -0.328. The first-order chi connectivity index (χ1) is 63.1. The Labute approximate surface area is 766 Å². The lowest BCUT2D eigenvalue weighted by Crippen LogP contribution is -2.27. The molecule has 5 amide bonds. The van der Waals surface area contributed by atoms with Crippen molar-refractivity contribution in [3.05, 3.63) is 300 Å². The maximum atomic E-state index is 13.0. The summed E-state index contributed by atoms with van der Waals surface area (Å²) in [4.78, 5) is 70.0. The van der Waals surface area contributed by atoms with Crippen molar-refractivity contribution < 1.29 is 71.3 Å². The zero-order valence-electron chi connectivity index (χ0n) is 74.5. The Balaban J connectivity index is 0.000000132. The lowest BCUT2D eigenvalue weighted by atomic mass is 9.83. The third kappa shape index (κ3) is 20.3. The first-order valence-electron chi connectivity index (χ1n) is 42.3. The quantitative estimate of drug-likeness (QED) is 0.0639. The van der Waals surface area contributed by atoms with E-state index in [0.717, 1.165) is 127 Å². The summed E-state index contributed by atoms with van der Waals surface area (Å²) < 4.78 is 58.0. The molecular weight excluding hydrogens is 1700 g/mol. The highest BCUT2D eigenvalue weighted by Gasteiger charge is 2.35. The van der Waals surface area contributed by atoms with Crippen LogP contribution in [0, 0.1) is 5.92 Å². The van der Waals surface area contributed by atoms with Crippen LogP contribution in [0.4, 0.5) is 5.69 Å². The van der Waals surface area contributed by atoms with Crippen molar-refractivity contribution in [1.29, 1.82) is 0 Å². The summed E-state index contributed by atoms with van der Waals surface area (Å²) >= 11 is 9.30. The van der Waals surface area contributed by atoms with Crippen LogP contribution in [0.25, 0.3) is 30.9 Å². The van der Waals surface area contributed by atoms with Crippen LogP contribution < -0.4 is 68.5 Å². The smallest absolute Gasteiger partial charge is 0.248 e. The predicted octanol–water partition coefficient (Wildman–Crippen LogP) is 18.4. The lowest BCUT2D eigenvalue weighted by molar-refractivity contribution is -0.129. The minimum absolute atomic E-state index is 0.0706. The van der Waals surface area contributed by atoms with Gasteiger partial charge in [0.25, 0.3) is 0 Å². The molecule has 0 fully saturated rings. The van der Waals surface area contributed by atoms with Gasteiger partial charge in [0.1, 0.15) is 18.0 Å². The number of aliphatic imine (C=N–C) groups is 1. The molecule has 13 aromatic rings. The van der Waals surface area contributed by atoms with Gasteiger partial charge in [-0.2, -0.15) is 20.4 Å². The Kier molecular flexibility index (Phi) is 29.7. The minimum Gasteiger partial charge on any atom is -0.493 e. The number of benzene rings is 11. The SMILES string of the molecule is CCOc1cc2c(cc1OCC)C(C(C)C)C(=O)NN=C2c1cc2ccccc2s1.CCOc1cc2c(cc1OCC)C(c1cc3ccccc3s1)=NNC(=O)C2.COc1cc2c(cc1OC)C(c1cccc3ccccc13)=NN(C)C(=O)C2.COc1cc2c(cc1OC)C(c1ccccc1)=NNC(=O)C2.COc1cc2c(cc1OC)N(C)C(=O)CN=C2c1ccc(Cl)cc1. The van der Waals surface area contributed by atoms with Crippen molar-refractivity contribution in [1.82, 2.24) is 21.3 Å². The molecule has 0 aliphatic carbocycles. The number of hydrogen-bond donors (Lipinski definition) is 3. The van der Waals surface area contributed by atoms with Crippen molar-refractivity contribution in [2.24, 2.45) is 31.3 Å². The number of ether oxygens (including phenoxy) is 10. The second-order valence-electron chi connectivity index (χ2n) is 30.4. The van der Waals surface area contributed by atoms with Crippen LogP contribution in [-0.4, -0.2) is 153 Å². The Morgan fingerprint density at radius 1 is 0.400 bits per heavy atom. The van der Waals surface area contributed by atoms with E-state index in [-0.39, 0.29) is 67.2 Å². The van der Waals surface area contributed by atoms with E-state index in [2.05, 4.69) is 110 Å². The zero-order chi connectivity index (χ0) is 91.8. The number of carbonyl (C=O) groups is 5. The maximum absolute atomic E-state index is 13.0. The van der Waals surface area contributed by atoms with Gasteiger partial charge in [-0.25, -0.2) is 21.3 Å². The highest BCUT2D eigenvalue weighted by atomic mass is 35.5. The molecule has 130 heavy (non-hydrogen) atoms. The number of hydrogen-bond acceptors (Lipinski definition) is 22. The highest BCUT2D eigenvalue weighted by Crippen LogP contribution is 2.44. The monoisotopic (exact) mass is 1800 g/mol. The Morgan fingerprint density at radius 2 is 0.823 bits per heavy atom. The summed E-state index contributed by atoms with van der Waals surface area (Å²) in [7, 11) is 12.9. The number of carbonyl (C=O) groups excluding carboxylic acids is 5. The summed E-state index contributed by atoms with van der Waals surface area (Å²) in [5, 5.41) is 24.5. The molecule has 5 aliphatic rings. The lowest BCUT2D eigenvalue weighted by Gasteiger charge is -2.22. The first kappa shape index (κ1) is 91.8. The van der Waals surface area contributed by atoms with Crippen LogP contribution in [0.3, 0.4) is 0 Å². The zero-order valence-corrected chi connectivity index (χ0v) is 76.9. The largest absolute Gasteiger partial charge is 0.493 e. The summed E-state index contributed by atoms with van der Waals surface area (Å²) in [5.41, 5.74) is 23.1. The van der Waals surface area contributed by atoms with E-state index in [1.807, 2.05) is 173 Å². The van der Waals surface area contributed by atoms with Gasteiger partial charge in [-0.3, -0.25) is 29.0 Å². The number of nitrogens with one attached hydrogen (secondary N) is 3. The Hall–Kier alpha value is -14.4. The molecule has 1 unspecified atom stereocenters. The van der Waals surface area contributed by atoms with Crippen LogP contribution in [0.5, 0.6) is 57.5 Å². The van der Waals surface area contributed by atoms with Crippen molar-refractivity contribution in [2.75, 3.05) is 94.6 Å². The molecule has 11 aromatic carbocycles. The van der Waals surface area contributed by atoms with Gasteiger partial charge < -0.3 is 52.3 Å². The fourth-order valence-corrected chi connectivity index (χ4v) is 18.0. The van der Waals surface area contributed by atoms with Gasteiger partial charge in [-0.05, 0) is 168 Å². The number of nitrogens with zero attached hydrogens (tertiary/aromatic N) is 7. The summed E-state index contributed by atoms with van der Waals surface area (Å²) in [6.45, 7) is 14.0. The van der Waals surface area contributed by atoms with Gasteiger partial charge >= 0.3 is 0 Å². The number of hydrazone groups is 4. The molecule has 0 bridgehead atoms. The molecule has 5 aliphatic heterocycles. The predicted molar refractivity (Wildman–Crippen MR) is 514 cm³/mol. The number of benzodiazepines with no additional fused rings is 1. The number of anilines is 1. The van der Waals surface area contributed by atoms with E-state index in [0.29, 0.717) is 94.7 Å². The average molecular weight is 1800 g/mol. The fraction of sp³-hybridized carbons (Fsp3) is 0.235. The van der Waals surface area contributed by atoms with E-state index in [4.69, 9.17) is 59.0 Å². The number of halogens is 1. The van der Waals surface area contributed by atoms with Crippen LogP contribution >= 0.6 is 34.3 Å². The molecule has 1 atom stereocenters. The van der Waals surface area contributed by atoms with Crippen molar-refractivity contribution in [2.45, 2.75) is 66.7 Å². The van der Waals surface area contributed by atoms with E-state index in [1.54, 1.807) is 103 Å². The van der Waals surface area contributed by atoms with Crippen molar-refractivity contribution in [3.63, 3.8) is 0 Å². The molecule has 0 saturated carbocycles.